The van der Waals surface area contributed by atoms with Crippen LogP contribution in [0.15, 0.2) is 23.6 Å². The Balaban J connectivity index is 1.92. The molecule has 1 aromatic carbocycles. The molecule has 9 heteroatoms. The van der Waals surface area contributed by atoms with E-state index in [4.69, 9.17) is 15.2 Å². The zero-order valence-corrected chi connectivity index (χ0v) is 17.0. The molecule has 3 rings (SSSR count). The number of nitrogens with zero attached hydrogens (tertiary/aromatic N) is 1. The zero-order valence-electron chi connectivity index (χ0n) is 15.4. The number of nitrogens with two attached hydrogens (primary N) is 1. The number of fused-ring (bicyclic) bond motifs is 1. The van der Waals surface area contributed by atoms with E-state index in [0.717, 1.165) is 5.56 Å². The Hall–Kier alpha value is -2.26. The number of anilines is 1. The number of carbonyl (C=O) groups is 1. The van der Waals surface area contributed by atoms with Gasteiger partial charge < -0.3 is 20.1 Å². The van der Waals surface area contributed by atoms with E-state index in [9.17, 15) is 13.2 Å². The highest BCUT2D eigenvalue weighted by Gasteiger charge is 2.35. The lowest BCUT2D eigenvalue weighted by Gasteiger charge is -2.24. The second kappa shape index (κ2) is 7.40. The number of rotatable bonds is 7. The van der Waals surface area contributed by atoms with Gasteiger partial charge in [0.2, 0.25) is 0 Å². The van der Waals surface area contributed by atoms with E-state index in [0.29, 0.717) is 40.8 Å². The fraction of sp³-hybridized carbons (Fsp3) is 0.389. The van der Waals surface area contributed by atoms with Gasteiger partial charge in [-0.1, -0.05) is 6.07 Å². The molecule has 2 heterocycles. The first-order valence-corrected chi connectivity index (χ1v) is 11.2. The summed E-state index contributed by atoms with van der Waals surface area (Å²) in [5.41, 5.74) is 7.82. The lowest BCUT2D eigenvalue weighted by atomic mass is 10.1. The molecule has 1 amide bonds. The van der Waals surface area contributed by atoms with Crippen LogP contribution in [0.1, 0.15) is 33.0 Å². The van der Waals surface area contributed by atoms with Crippen LogP contribution in [-0.2, 0) is 16.4 Å². The molecule has 2 N–H and O–H groups in total. The third-order valence-corrected chi connectivity index (χ3v) is 7.00. The summed E-state index contributed by atoms with van der Waals surface area (Å²) in [6.07, 6.45) is 1.17. The lowest BCUT2D eigenvalue weighted by molar-refractivity contribution is 0.0781. The summed E-state index contributed by atoms with van der Waals surface area (Å²) in [6, 6.07) is 5.04. The third-order valence-electron chi connectivity index (χ3n) is 4.52. The van der Waals surface area contributed by atoms with Crippen LogP contribution in [0.3, 0.4) is 0 Å². The van der Waals surface area contributed by atoms with Crippen molar-refractivity contribution in [3.63, 3.8) is 0 Å². The fourth-order valence-electron chi connectivity index (χ4n) is 3.14. The van der Waals surface area contributed by atoms with Gasteiger partial charge >= 0.3 is 0 Å². The van der Waals surface area contributed by atoms with Gasteiger partial charge in [-0.15, -0.1) is 11.3 Å². The van der Waals surface area contributed by atoms with Crippen molar-refractivity contribution in [2.75, 3.05) is 32.3 Å². The highest BCUT2D eigenvalue weighted by atomic mass is 32.2. The highest BCUT2D eigenvalue weighted by Crippen LogP contribution is 2.37. The topological polar surface area (TPSA) is 98.9 Å². The van der Waals surface area contributed by atoms with Gasteiger partial charge in [0.05, 0.1) is 18.6 Å². The first-order chi connectivity index (χ1) is 12.8. The summed E-state index contributed by atoms with van der Waals surface area (Å²) in [6.45, 7) is 2.64. The maximum absolute atomic E-state index is 12.6. The van der Waals surface area contributed by atoms with Crippen molar-refractivity contribution in [3.8, 4) is 11.5 Å². The predicted octanol–water partition coefficient (Wildman–Crippen LogP) is 2.48. The van der Waals surface area contributed by atoms with Crippen LogP contribution in [0.4, 0.5) is 5.69 Å². The molecule has 0 saturated heterocycles. The Bertz CT molecular complexity index is 968. The van der Waals surface area contributed by atoms with E-state index >= 15 is 0 Å². The summed E-state index contributed by atoms with van der Waals surface area (Å²) < 4.78 is 35.8. The van der Waals surface area contributed by atoms with Crippen molar-refractivity contribution in [1.29, 1.82) is 0 Å². The van der Waals surface area contributed by atoms with Crippen LogP contribution < -0.4 is 15.2 Å². The van der Waals surface area contributed by atoms with Gasteiger partial charge in [0.25, 0.3) is 5.91 Å². The van der Waals surface area contributed by atoms with Crippen molar-refractivity contribution in [1.82, 2.24) is 4.90 Å². The Morgan fingerprint density at radius 2 is 2.07 bits per heavy atom. The number of thiophene rings is 1. The van der Waals surface area contributed by atoms with E-state index in [1.165, 1.54) is 29.6 Å². The van der Waals surface area contributed by atoms with E-state index < -0.39 is 15.1 Å². The third kappa shape index (κ3) is 3.74. The molecular weight excluding hydrogens is 388 g/mol. The molecule has 0 unspecified atom stereocenters. The first kappa shape index (κ1) is 19.5. The summed E-state index contributed by atoms with van der Waals surface area (Å²) in [5, 5.41) is 0.869. The quantitative estimate of drug-likeness (QED) is 0.753. The van der Waals surface area contributed by atoms with Crippen LogP contribution in [0, 0.1) is 0 Å². The molecule has 1 aliphatic heterocycles. The SMILES string of the molecule is CCOc1cc([C@H](CN2Cc3c(N)csc3C2=O)S(C)(=O)=O)ccc1OC. The summed E-state index contributed by atoms with van der Waals surface area (Å²) >= 11 is 1.29. The van der Waals surface area contributed by atoms with Gasteiger partial charge in [0, 0.05) is 36.0 Å². The molecule has 1 aliphatic rings. The molecule has 7 nitrogen and oxygen atoms in total. The average molecular weight is 411 g/mol. The van der Waals surface area contributed by atoms with Crippen molar-refractivity contribution >= 4 is 32.8 Å². The van der Waals surface area contributed by atoms with E-state index in [-0.39, 0.29) is 12.5 Å². The summed E-state index contributed by atoms with van der Waals surface area (Å²) in [7, 11) is -1.95. The van der Waals surface area contributed by atoms with Crippen molar-refractivity contribution in [2.45, 2.75) is 18.7 Å². The second-order valence-corrected chi connectivity index (χ2v) is 9.45. The predicted molar refractivity (Wildman–Crippen MR) is 105 cm³/mol. The van der Waals surface area contributed by atoms with Gasteiger partial charge in [-0.05, 0) is 24.6 Å². The summed E-state index contributed by atoms with van der Waals surface area (Å²) in [5.74, 6) is 0.821. The minimum atomic E-state index is -3.48. The van der Waals surface area contributed by atoms with Crippen LogP contribution in [-0.4, -0.2) is 45.7 Å². The molecule has 0 radical (unpaired) electrons. The maximum atomic E-state index is 12.6. The maximum Gasteiger partial charge on any atom is 0.264 e. The Kier molecular flexibility index (Phi) is 5.34. The van der Waals surface area contributed by atoms with Crippen LogP contribution >= 0.6 is 11.3 Å². The standard InChI is InChI=1S/C18H22N2O5S2/c1-4-25-15-7-11(5-6-14(15)24-2)16(27(3,22)23)9-20-8-12-13(19)10-26-17(12)18(20)21/h5-7,10,16H,4,8-9,19H2,1-3H3/t16-/m0/s1. The van der Waals surface area contributed by atoms with E-state index in [1.54, 1.807) is 23.6 Å². The molecule has 0 aliphatic carbocycles. The molecule has 0 spiro atoms. The highest BCUT2D eigenvalue weighted by molar-refractivity contribution is 7.91. The number of hydrogen-bond acceptors (Lipinski definition) is 7. The minimum absolute atomic E-state index is 0.0520. The molecule has 0 saturated carbocycles. The molecule has 1 atom stereocenters. The first-order valence-electron chi connectivity index (χ1n) is 8.41. The number of hydrogen-bond donors (Lipinski definition) is 1. The Labute approximate surface area is 162 Å². The Morgan fingerprint density at radius 3 is 2.67 bits per heavy atom. The molecule has 1 aromatic heterocycles. The van der Waals surface area contributed by atoms with Crippen LogP contribution in [0.5, 0.6) is 11.5 Å². The number of carbonyl (C=O) groups excluding carboxylic acids is 1. The molecule has 146 valence electrons. The van der Waals surface area contributed by atoms with Gasteiger partial charge in [0.15, 0.2) is 21.3 Å². The molecule has 27 heavy (non-hydrogen) atoms. The number of sulfone groups is 1. The molecular formula is C18H22N2O5S2. The van der Waals surface area contributed by atoms with Crippen molar-refractivity contribution in [3.05, 3.63) is 39.6 Å². The van der Waals surface area contributed by atoms with Crippen molar-refractivity contribution in [2.24, 2.45) is 0 Å². The van der Waals surface area contributed by atoms with Gasteiger partial charge in [-0.25, -0.2) is 8.42 Å². The lowest BCUT2D eigenvalue weighted by Crippen LogP contribution is -2.32. The number of benzene rings is 1. The monoisotopic (exact) mass is 410 g/mol. The van der Waals surface area contributed by atoms with Crippen LogP contribution in [0.2, 0.25) is 0 Å². The van der Waals surface area contributed by atoms with Gasteiger partial charge in [-0.3, -0.25) is 4.79 Å². The average Bonchev–Trinajstić information content (AvgIpc) is 3.12. The van der Waals surface area contributed by atoms with Gasteiger partial charge in [-0.2, -0.15) is 0 Å². The molecule has 2 aromatic rings. The normalized spacial score (nSPS) is 14.9. The van der Waals surface area contributed by atoms with Crippen molar-refractivity contribution < 1.29 is 22.7 Å². The van der Waals surface area contributed by atoms with Crippen LogP contribution in [0.25, 0.3) is 0 Å². The number of ether oxygens (including phenoxy) is 2. The van der Waals surface area contributed by atoms with E-state index in [2.05, 4.69) is 0 Å². The summed E-state index contributed by atoms with van der Waals surface area (Å²) in [4.78, 5) is 14.7. The second-order valence-electron chi connectivity index (χ2n) is 6.35. The number of amides is 1. The fourth-order valence-corrected chi connectivity index (χ4v) is 5.18. The number of nitrogen functional groups attached to an aromatic ring is 1. The molecule has 0 bridgehead atoms. The molecule has 0 fully saturated rings. The minimum Gasteiger partial charge on any atom is -0.493 e. The smallest absolute Gasteiger partial charge is 0.264 e. The van der Waals surface area contributed by atoms with E-state index in [1.807, 2.05) is 6.92 Å². The zero-order chi connectivity index (χ0) is 19.8. The Morgan fingerprint density at radius 1 is 1.33 bits per heavy atom. The number of methoxy groups -OCH3 is 1. The van der Waals surface area contributed by atoms with Gasteiger partial charge in [0.1, 0.15) is 5.25 Å². The largest absolute Gasteiger partial charge is 0.493 e.